The van der Waals surface area contributed by atoms with Crippen molar-refractivity contribution in [2.45, 2.75) is 25.9 Å². The number of rotatable bonds is 5. The van der Waals surface area contributed by atoms with E-state index < -0.39 is 0 Å². The summed E-state index contributed by atoms with van der Waals surface area (Å²) < 4.78 is 2.18. The second kappa shape index (κ2) is 5.69. The lowest BCUT2D eigenvalue weighted by atomic mass is 10.1. The third kappa shape index (κ3) is 2.71. The molecule has 2 aromatic rings. The Balaban J connectivity index is 2.07. The van der Waals surface area contributed by atoms with Gasteiger partial charge in [-0.15, -0.1) is 0 Å². The smallest absolute Gasteiger partial charge is 0.219 e. The maximum absolute atomic E-state index is 11.2. The molecule has 1 amide bonds. The molecule has 1 heterocycles. The number of carbonyl (C=O) groups is 1. The lowest BCUT2D eigenvalue weighted by molar-refractivity contribution is -0.120. The first-order valence-electron chi connectivity index (χ1n) is 6.23. The van der Waals surface area contributed by atoms with Gasteiger partial charge in [-0.2, -0.15) is 0 Å². The minimum atomic E-state index is 0.0943. The van der Waals surface area contributed by atoms with Crippen molar-refractivity contribution in [2.75, 3.05) is 7.05 Å². The SMILES string of the molecule is CNC(=O)CCCn1ccc2cc(CN)ccc21. The van der Waals surface area contributed by atoms with Crippen LogP contribution in [0.3, 0.4) is 0 Å². The number of fused-ring (bicyclic) bond motifs is 1. The van der Waals surface area contributed by atoms with Gasteiger partial charge in [0.2, 0.25) is 5.91 Å². The molecule has 0 saturated carbocycles. The Bertz CT molecular complexity index is 545. The molecule has 0 radical (unpaired) electrons. The molecule has 0 atom stereocenters. The number of hydrogen-bond donors (Lipinski definition) is 2. The van der Waals surface area contributed by atoms with Crippen LogP contribution in [0.4, 0.5) is 0 Å². The summed E-state index contributed by atoms with van der Waals surface area (Å²) in [6, 6.07) is 8.36. The first-order valence-corrected chi connectivity index (χ1v) is 6.23. The average molecular weight is 245 g/mol. The highest BCUT2D eigenvalue weighted by Gasteiger charge is 2.03. The Morgan fingerprint density at radius 3 is 2.94 bits per heavy atom. The van der Waals surface area contributed by atoms with Crippen LogP contribution < -0.4 is 11.1 Å². The van der Waals surface area contributed by atoms with E-state index in [1.165, 1.54) is 10.9 Å². The maximum Gasteiger partial charge on any atom is 0.219 e. The standard InChI is InChI=1S/C14H19N3O/c1-16-14(18)3-2-7-17-8-6-12-9-11(10-15)4-5-13(12)17/h4-6,8-9H,2-3,7,10,15H2,1H3,(H,16,18). The molecule has 0 spiro atoms. The molecule has 0 fully saturated rings. The van der Waals surface area contributed by atoms with Gasteiger partial charge in [0, 0.05) is 38.3 Å². The van der Waals surface area contributed by atoms with Crippen molar-refractivity contribution in [1.82, 2.24) is 9.88 Å². The monoisotopic (exact) mass is 245 g/mol. The van der Waals surface area contributed by atoms with Crippen molar-refractivity contribution < 1.29 is 4.79 Å². The third-order valence-electron chi connectivity index (χ3n) is 3.15. The number of carbonyl (C=O) groups excluding carboxylic acids is 1. The summed E-state index contributed by atoms with van der Waals surface area (Å²) >= 11 is 0. The molecule has 1 aromatic carbocycles. The highest BCUT2D eigenvalue weighted by Crippen LogP contribution is 2.18. The Morgan fingerprint density at radius 1 is 1.39 bits per heavy atom. The molecule has 4 heteroatoms. The first-order chi connectivity index (χ1) is 8.74. The topological polar surface area (TPSA) is 60.0 Å². The van der Waals surface area contributed by atoms with E-state index >= 15 is 0 Å². The Kier molecular flexibility index (Phi) is 3.99. The number of aryl methyl sites for hydroxylation is 1. The molecule has 0 bridgehead atoms. The number of hydrogen-bond acceptors (Lipinski definition) is 2. The third-order valence-corrected chi connectivity index (χ3v) is 3.15. The van der Waals surface area contributed by atoms with Crippen LogP contribution in [-0.4, -0.2) is 17.5 Å². The highest BCUT2D eigenvalue weighted by atomic mass is 16.1. The van der Waals surface area contributed by atoms with Crippen LogP contribution in [0.25, 0.3) is 10.9 Å². The number of amides is 1. The molecule has 2 rings (SSSR count). The zero-order valence-electron chi connectivity index (χ0n) is 10.6. The number of nitrogens with one attached hydrogen (secondary N) is 1. The molecule has 1 aromatic heterocycles. The van der Waals surface area contributed by atoms with Gasteiger partial charge in [-0.1, -0.05) is 6.07 Å². The summed E-state index contributed by atoms with van der Waals surface area (Å²) in [7, 11) is 1.67. The predicted molar refractivity (Wildman–Crippen MR) is 73.1 cm³/mol. The Morgan fingerprint density at radius 2 is 2.22 bits per heavy atom. The zero-order valence-corrected chi connectivity index (χ0v) is 10.6. The van der Waals surface area contributed by atoms with Gasteiger partial charge in [-0.3, -0.25) is 4.79 Å². The summed E-state index contributed by atoms with van der Waals surface area (Å²) in [6.45, 7) is 1.43. The van der Waals surface area contributed by atoms with Crippen molar-refractivity contribution in [2.24, 2.45) is 5.73 Å². The van der Waals surface area contributed by atoms with Gasteiger partial charge in [0.15, 0.2) is 0 Å². The summed E-state index contributed by atoms with van der Waals surface area (Å²) in [4.78, 5) is 11.2. The van der Waals surface area contributed by atoms with Crippen LogP contribution in [0, 0.1) is 0 Å². The van der Waals surface area contributed by atoms with Crippen LogP contribution >= 0.6 is 0 Å². The Hall–Kier alpha value is -1.81. The van der Waals surface area contributed by atoms with E-state index in [4.69, 9.17) is 5.73 Å². The molecule has 0 saturated heterocycles. The van der Waals surface area contributed by atoms with Gasteiger partial charge < -0.3 is 15.6 Å². The Labute approximate surface area is 107 Å². The molecule has 0 unspecified atom stereocenters. The average Bonchev–Trinajstić information content (AvgIpc) is 2.81. The van der Waals surface area contributed by atoms with Crippen LogP contribution in [-0.2, 0) is 17.9 Å². The zero-order chi connectivity index (χ0) is 13.0. The quantitative estimate of drug-likeness (QED) is 0.841. The second-order valence-corrected chi connectivity index (χ2v) is 4.38. The molecule has 0 aliphatic heterocycles. The second-order valence-electron chi connectivity index (χ2n) is 4.38. The lowest BCUT2D eigenvalue weighted by Crippen LogP contribution is -2.17. The van der Waals surface area contributed by atoms with Gasteiger partial charge in [-0.25, -0.2) is 0 Å². The van der Waals surface area contributed by atoms with Gasteiger partial charge in [0.05, 0.1) is 0 Å². The molecular formula is C14H19N3O. The van der Waals surface area contributed by atoms with Gasteiger partial charge >= 0.3 is 0 Å². The summed E-state index contributed by atoms with van der Waals surface area (Å²) in [5.74, 6) is 0.0943. The fourth-order valence-electron chi connectivity index (χ4n) is 2.11. The van der Waals surface area contributed by atoms with Crippen molar-refractivity contribution in [3.8, 4) is 0 Å². The number of benzene rings is 1. The number of aromatic nitrogens is 1. The molecule has 0 aliphatic carbocycles. The van der Waals surface area contributed by atoms with E-state index in [0.29, 0.717) is 13.0 Å². The van der Waals surface area contributed by atoms with Crippen molar-refractivity contribution >= 4 is 16.8 Å². The van der Waals surface area contributed by atoms with E-state index in [-0.39, 0.29) is 5.91 Å². The normalized spacial score (nSPS) is 10.8. The van der Waals surface area contributed by atoms with Crippen LogP contribution in [0.2, 0.25) is 0 Å². The molecule has 4 nitrogen and oxygen atoms in total. The number of nitrogens with two attached hydrogens (primary N) is 1. The highest BCUT2D eigenvalue weighted by molar-refractivity contribution is 5.81. The lowest BCUT2D eigenvalue weighted by Gasteiger charge is -2.05. The fourth-order valence-corrected chi connectivity index (χ4v) is 2.11. The van der Waals surface area contributed by atoms with Gasteiger partial charge in [0.1, 0.15) is 0 Å². The summed E-state index contributed by atoms with van der Waals surface area (Å²) in [5.41, 5.74) is 7.97. The molecule has 3 N–H and O–H groups in total. The van der Waals surface area contributed by atoms with E-state index in [9.17, 15) is 4.79 Å². The van der Waals surface area contributed by atoms with Gasteiger partial charge in [0.25, 0.3) is 0 Å². The molecule has 96 valence electrons. The first kappa shape index (κ1) is 12.6. The van der Waals surface area contributed by atoms with E-state index in [1.54, 1.807) is 7.05 Å². The fraction of sp³-hybridized carbons (Fsp3) is 0.357. The van der Waals surface area contributed by atoms with Crippen LogP contribution in [0.5, 0.6) is 0 Å². The summed E-state index contributed by atoms with van der Waals surface area (Å²) in [6.07, 6.45) is 3.48. The molecule has 18 heavy (non-hydrogen) atoms. The van der Waals surface area contributed by atoms with Gasteiger partial charge in [-0.05, 0) is 35.6 Å². The molecular weight excluding hydrogens is 226 g/mol. The predicted octanol–water partition coefficient (Wildman–Crippen LogP) is 1.63. The van der Waals surface area contributed by atoms with Crippen molar-refractivity contribution in [3.05, 3.63) is 36.0 Å². The van der Waals surface area contributed by atoms with E-state index in [1.807, 2.05) is 0 Å². The minimum absolute atomic E-state index is 0.0943. The van der Waals surface area contributed by atoms with E-state index in [2.05, 4.69) is 40.3 Å². The van der Waals surface area contributed by atoms with Crippen LogP contribution in [0.15, 0.2) is 30.5 Å². The maximum atomic E-state index is 11.2. The van der Waals surface area contributed by atoms with Crippen LogP contribution in [0.1, 0.15) is 18.4 Å². The summed E-state index contributed by atoms with van der Waals surface area (Å²) in [5, 5.41) is 3.84. The van der Waals surface area contributed by atoms with Crippen molar-refractivity contribution in [1.29, 1.82) is 0 Å². The largest absolute Gasteiger partial charge is 0.359 e. The van der Waals surface area contributed by atoms with Crippen molar-refractivity contribution in [3.63, 3.8) is 0 Å². The van der Waals surface area contributed by atoms with E-state index in [0.717, 1.165) is 18.5 Å². The molecule has 0 aliphatic rings. The number of nitrogens with zero attached hydrogens (tertiary/aromatic N) is 1. The minimum Gasteiger partial charge on any atom is -0.359 e.